The fourth-order valence-electron chi connectivity index (χ4n) is 1.99. The summed E-state index contributed by atoms with van der Waals surface area (Å²) in [6.07, 6.45) is 5.75. The molecule has 0 unspecified atom stereocenters. The molecular formula is C18H24N2O2. The number of carbonyl (C=O) groups excluding carboxylic acids is 2. The van der Waals surface area contributed by atoms with E-state index in [0.717, 1.165) is 12.8 Å². The first kappa shape index (κ1) is 17.7. The molecule has 0 aliphatic carbocycles. The lowest BCUT2D eigenvalue weighted by atomic mass is 10.1. The van der Waals surface area contributed by atoms with E-state index in [-0.39, 0.29) is 11.8 Å². The predicted molar refractivity (Wildman–Crippen MR) is 90.9 cm³/mol. The summed E-state index contributed by atoms with van der Waals surface area (Å²) in [5.74, 6) is -0.0791. The standard InChI is InChI=1S/C18H24N2O2/c1-4-7-8-17(21)19-16-11-9-15(10-12-16)18(22)20(13-5-2)14-6-3/h5-6,9-12H,2-4,7-8,13-14H2,1H3,(H,19,21). The van der Waals surface area contributed by atoms with Gasteiger partial charge in [-0.15, -0.1) is 13.2 Å². The van der Waals surface area contributed by atoms with E-state index < -0.39 is 0 Å². The first-order valence-corrected chi connectivity index (χ1v) is 7.53. The fourth-order valence-corrected chi connectivity index (χ4v) is 1.99. The van der Waals surface area contributed by atoms with Gasteiger partial charge in [0.15, 0.2) is 0 Å². The Morgan fingerprint density at radius 1 is 1.14 bits per heavy atom. The molecule has 1 aromatic carbocycles. The quantitative estimate of drug-likeness (QED) is 0.708. The number of anilines is 1. The minimum atomic E-state index is -0.0799. The zero-order valence-corrected chi connectivity index (χ0v) is 13.2. The van der Waals surface area contributed by atoms with Crippen LogP contribution in [0.2, 0.25) is 0 Å². The maximum Gasteiger partial charge on any atom is 0.254 e. The number of nitrogens with one attached hydrogen (secondary N) is 1. The van der Waals surface area contributed by atoms with Crippen molar-refractivity contribution in [1.82, 2.24) is 4.90 Å². The van der Waals surface area contributed by atoms with Crippen LogP contribution in [0.5, 0.6) is 0 Å². The van der Waals surface area contributed by atoms with Crippen molar-refractivity contribution in [2.24, 2.45) is 0 Å². The Kier molecular flexibility index (Phi) is 7.68. The minimum Gasteiger partial charge on any atom is -0.331 e. The molecule has 1 aromatic rings. The van der Waals surface area contributed by atoms with Crippen molar-refractivity contribution < 1.29 is 9.59 Å². The van der Waals surface area contributed by atoms with Gasteiger partial charge in [0.2, 0.25) is 5.91 Å². The molecule has 0 spiro atoms. The molecule has 1 N–H and O–H groups in total. The second-order valence-electron chi connectivity index (χ2n) is 5.02. The van der Waals surface area contributed by atoms with Crippen molar-refractivity contribution in [2.45, 2.75) is 26.2 Å². The summed E-state index contributed by atoms with van der Waals surface area (Å²) >= 11 is 0. The van der Waals surface area contributed by atoms with Crippen molar-refractivity contribution in [1.29, 1.82) is 0 Å². The molecule has 0 aromatic heterocycles. The summed E-state index contributed by atoms with van der Waals surface area (Å²) in [4.78, 5) is 25.7. The first-order valence-electron chi connectivity index (χ1n) is 7.53. The van der Waals surface area contributed by atoms with Gasteiger partial charge in [-0.25, -0.2) is 0 Å². The third-order valence-electron chi connectivity index (χ3n) is 3.16. The van der Waals surface area contributed by atoms with E-state index in [4.69, 9.17) is 0 Å². The van der Waals surface area contributed by atoms with Crippen LogP contribution in [0.1, 0.15) is 36.5 Å². The van der Waals surface area contributed by atoms with E-state index >= 15 is 0 Å². The Morgan fingerprint density at radius 2 is 1.73 bits per heavy atom. The van der Waals surface area contributed by atoms with Crippen molar-refractivity contribution in [3.05, 3.63) is 55.1 Å². The van der Waals surface area contributed by atoms with E-state index in [0.29, 0.717) is 30.8 Å². The van der Waals surface area contributed by atoms with E-state index in [1.54, 1.807) is 41.3 Å². The van der Waals surface area contributed by atoms with E-state index in [1.807, 2.05) is 6.92 Å². The maximum absolute atomic E-state index is 12.3. The lowest BCUT2D eigenvalue weighted by Crippen LogP contribution is -2.31. The van der Waals surface area contributed by atoms with Crippen LogP contribution in [0.3, 0.4) is 0 Å². The Labute approximate surface area is 132 Å². The van der Waals surface area contributed by atoms with E-state index in [2.05, 4.69) is 18.5 Å². The topological polar surface area (TPSA) is 49.4 Å². The molecule has 0 heterocycles. The SMILES string of the molecule is C=CCN(CC=C)C(=O)c1ccc(NC(=O)CCCC)cc1. The number of hydrogen-bond donors (Lipinski definition) is 1. The second-order valence-corrected chi connectivity index (χ2v) is 5.02. The van der Waals surface area contributed by atoms with Gasteiger partial charge in [-0.1, -0.05) is 25.5 Å². The number of amides is 2. The van der Waals surface area contributed by atoms with Gasteiger partial charge >= 0.3 is 0 Å². The van der Waals surface area contributed by atoms with E-state index in [9.17, 15) is 9.59 Å². The molecule has 22 heavy (non-hydrogen) atoms. The Bertz CT molecular complexity index is 510. The van der Waals surface area contributed by atoms with Gasteiger partial charge in [-0.3, -0.25) is 9.59 Å². The molecule has 0 saturated heterocycles. The lowest BCUT2D eigenvalue weighted by molar-refractivity contribution is -0.116. The minimum absolute atomic E-state index is 0.000804. The third-order valence-corrected chi connectivity index (χ3v) is 3.16. The van der Waals surface area contributed by atoms with Crippen LogP contribution in [0.4, 0.5) is 5.69 Å². The summed E-state index contributed by atoms with van der Waals surface area (Å²) in [6.45, 7) is 10.3. The van der Waals surface area contributed by atoms with Crippen LogP contribution < -0.4 is 5.32 Å². The van der Waals surface area contributed by atoms with Crippen LogP contribution in [0.15, 0.2) is 49.6 Å². The van der Waals surface area contributed by atoms with Crippen LogP contribution in [-0.2, 0) is 4.79 Å². The molecular weight excluding hydrogens is 276 g/mol. The highest BCUT2D eigenvalue weighted by Gasteiger charge is 2.13. The van der Waals surface area contributed by atoms with Gasteiger partial charge in [0.05, 0.1) is 0 Å². The number of nitrogens with zero attached hydrogens (tertiary/aromatic N) is 1. The Morgan fingerprint density at radius 3 is 2.23 bits per heavy atom. The molecule has 1 rings (SSSR count). The molecule has 0 aliphatic heterocycles. The van der Waals surface area contributed by atoms with Gasteiger partial charge in [0, 0.05) is 30.8 Å². The average molecular weight is 300 g/mol. The molecule has 118 valence electrons. The summed E-state index contributed by atoms with van der Waals surface area (Å²) < 4.78 is 0. The monoisotopic (exact) mass is 300 g/mol. The normalized spacial score (nSPS) is 9.86. The molecule has 0 fully saturated rings. The fraction of sp³-hybridized carbons (Fsp3) is 0.333. The first-order chi connectivity index (χ1) is 10.6. The molecule has 0 bridgehead atoms. The highest BCUT2D eigenvalue weighted by atomic mass is 16.2. The highest BCUT2D eigenvalue weighted by molar-refractivity contribution is 5.96. The molecule has 0 saturated carbocycles. The maximum atomic E-state index is 12.3. The Balaban J connectivity index is 2.70. The van der Waals surface area contributed by atoms with Crippen LogP contribution >= 0.6 is 0 Å². The number of unbranched alkanes of at least 4 members (excludes halogenated alkanes) is 1. The smallest absolute Gasteiger partial charge is 0.254 e. The largest absolute Gasteiger partial charge is 0.331 e. The zero-order valence-electron chi connectivity index (χ0n) is 13.2. The molecule has 4 heteroatoms. The number of hydrogen-bond acceptors (Lipinski definition) is 2. The van der Waals surface area contributed by atoms with Gasteiger partial charge in [0.25, 0.3) is 5.91 Å². The molecule has 0 aliphatic rings. The summed E-state index contributed by atoms with van der Waals surface area (Å²) in [5, 5.41) is 2.83. The van der Waals surface area contributed by atoms with Crippen molar-refractivity contribution in [3.63, 3.8) is 0 Å². The predicted octanol–water partition coefficient (Wildman–Crippen LogP) is 3.63. The molecule has 2 amide bonds. The van der Waals surface area contributed by atoms with Gasteiger partial charge in [-0.05, 0) is 30.7 Å². The molecule has 4 nitrogen and oxygen atoms in total. The highest BCUT2D eigenvalue weighted by Crippen LogP contribution is 2.12. The number of carbonyl (C=O) groups is 2. The summed E-state index contributed by atoms with van der Waals surface area (Å²) in [7, 11) is 0. The molecule has 0 atom stereocenters. The van der Waals surface area contributed by atoms with Crippen LogP contribution in [0.25, 0.3) is 0 Å². The van der Waals surface area contributed by atoms with Crippen molar-refractivity contribution in [2.75, 3.05) is 18.4 Å². The van der Waals surface area contributed by atoms with Gasteiger partial charge in [0.1, 0.15) is 0 Å². The summed E-state index contributed by atoms with van der Waals surface area (Å²) in [6, 6.07) is 6.93. The van der Waals surface area contributed by atoms with E-state index in [1.165, 1.54) is 0 Å². The van der Waals surface area contributed by atoms with Crippen molar-refractivity contribution in [3.8, 4) is 0 Å². The average Bonchev–Trinajstić information content (AvgIpc) is 2.53. The van der Waals surface area contributed by atoms with Crippen LogP contribution in [0, 0.1) is 0 Å². The van der Waals surface area contributed by atoms with Gasteiger partial charge in [-0.2, -0.15) is 0 Å². The zero-order chi connectivity index (χ0) is 16.4. The van der Waals surface area contributed by atoms with Gasteiger partial charge < -0.3 is 10.2 Å². The second kappa shape index (κ2) is 9.55. The molecule has 0 radical (unpaired) electrons. The third kappa shape index (κ3) is 5.56. The number of rotatable bonds is 9. The summed E-state index contributed by atoms with van der Waals surface area (Å²) in [5.41, 5.74) is 1.28. The Hall–Kier alpha value is -2.36. The lowest BCUT2D eigenvalue weighted by Gasteiger charge is -2.19. The number of benzene rings is 1. The van der Waals surface area contributed by atoms with Crippen molar-refractivity contribution >= 4 is 17.5 Å². The van der Waals surface area contributed by atoms with Crippen LogP contribution in [-0.4, -0.2) is 29.8 Å².